The molecule has 2 heterocycles. The summed E-state index contributed by atoms with van der Waals surface area (Å²) in [5.74, 6) is 0.253. The first kappa shape index (κ1) is 18.1. The van der Waals surface area contributed by atoms with Gasteiger partial charge in [0.05, 0.1) is 12.2 Å². The number of nitrogens with one attached hydrogen (secondary N) is 1. The van der Waals surface area contributed by atoms with Crippen LogP contribution in [-0.2, 0) is 4.79 Å². The number of piperazine rings is 1. The second kappa shape index (κ2) is 8.13. The van der Waals surface area contributed by atoms with Gasteiger partial charge in [0.2, 0.25) is 11.9 Å². The molecule has 0 bridgehead atoms. The molecule has 2 aromatic carbocycles. The van der Waals surface area contributed by atoms with Gasteiger partial charge >= 0.3 is 0 Å². The molecule has 1 aliphatic rings. The number of rotatable bonds is 5. The lowest BCUT2D eigenvalue weighted by Gasteiger charge is -2.34. The number of amides is 1. The van der Waals surface area contributed by atoms with Crippen molar-refractivity contribution in [3.05, 3.63) is 60.4 Å². The van der Waals surface area contributed by atoms with Crippen molar-refractivity contribution in [2.75, 3.05) is 42.9 Å². The summed E-state index contributed by atoms with van der Waals surface area (Å²) in [6.45, 7) is 3.17. The Morgan fingerprint density at radius 1 is 1.00 bits per heavy atom. The molecule has 8 nitrogen and oxygen atoms in total. The van der Waals surface area contributed by atoms with E-state index in [-0.39, 0.29) is 18.3 Å². The quantitative estimate of drug-likeness (QED) is 0.723. The minimum absolute atomic E-state index is 0.117. The number of hydrogen-bond donors (Lipinski definition) is 1. The highest BCUT2D eigenvalue weighted by molar-refractivity contribution is 5.92. The van der Waals surface area contributed by atoms with Gasteiger partial charge in [-0.3, -0.25) is 9.69 Å². The minimum Gasteiger partial charge on any atom is -0.337 e. The van der Waals surface area contributed by atoms with Gasteiger partial charge < -0.3 is 10.2 Å². The van der Waals surface area contributed by atoms with Crippen LogP contribution >= 0.6 is 0 Å². The van der Waals surface area contributed by atoms with Crippen molar-refractivity contribution in [1.82, 2.24) is 25.1 Å². The van der Waals surface area contributed by atoms with Crippen LogP contribution in [0.2, 0.25) is 0 Å². The van der Waals surface area contributed by atoms with E-state index in [4.69, 9.17) is 0 Å². The number of hydrogen-bond acceptors (Lipinski definition) is 6. The van der Waals surface area contributed by atoms with Gasteiger partial charge in [0.1, 0.15) is 5.82 Å². The molecule has 0 unspecified atom stereocenters. The summed E-state index contributed by atoms with van der Waals surface area (Å²) in [6.07, 6.45) is 0. The molecule has 9 heteroatoms. The third-order valence-corrected chi connectivity index (χ3v) is 4.60. The van der Waals surface area contributed by atoms with Gasteiger partial charge in [-0.25, -0.2) is 4.39 Å². The Balaban J connectivity index is 1.32. The monoisotopic (exact) mass is 381 g/mol. The van der Waals surface area contributed by atoms with E-state index in [0.717, 1.165) is 31.9 Å². The third-order valence-electron chi connectivity index (χ3n) is 4.60. The largest absolute Gasteiger partial charge is 0.337 e. The molecule has 1 aromatic heterocycles. The van der Waals surface area contributed by atoms with Crippen LogP contribution in [-0.4, -0.2) is 63.7 Å². The first-order chi connectivity index (χ1) is 13.7. The SMILES string of the molecule is O=C(CN1CCN(c2nnnn2-c2ccccc2)CC1)Nc1ccc(F)cc1. The first-order valence-electron chi connectivity index (χ1n) is 9.05. The number of carbonyl (C=O) groups is 1. The van der Waals surface area contributed by atoms with Crippen molar-refractivity contribution < 1.29 is 9.18 Å². The molecule has 1 saturated heterocycles. The molecule has 0 saturated carbocycles. The fraction of sp³-hybridized carbons (Fsp3) is 0.263. The Labute approximate surface area is 161 Å². The Morgan fingerprint density at radius 2 is 1.71 bits per heavy atom. The van der Waals surface area contributed by atoms with Gasteiger partial charge in [0, 0.05) is 31.9 Å². The van der Waals surface area contributed by atoms with E-state index in [1.54, 1.807) is 16.8 Å². The lowest BCUT2D eigenvalue weighted by Crippen LogP contribution is -2.49. The molecule has 0 spiro atoms. The predicted octanol–water partition coefficient (Wildman–Crippen LogP) is 1.56. The molecule has 0 aliphatic carbocycles. The van der Waals surface area contributed by atoms with Crippen LogP contribution in [0.15, 0.2) is 54.6 Å². The Bertz CT molecular complexity index is 921. The Hall–Kier alpha value is -3.33. The van der Waals surface area contributed by atoms with Gasteiger partial charge in [-0.15, -0.1) is 0 Å². The van der Waals surface area contributed by atoms with Gasteiger partial charge in [-0.05, 0) is 46.8 Å². The van der Waals surface area contributed by atoms with Crippen molar-refractivity contribution in [3.63, 3.8) is 0 Å². The molecule has 1 amide bonds. The molecule has 28 heavy (non-hydrogen) atoms. The summed E-state index contributed by atoms with van der Waals surface area (Å²) in [4.78, 5) is 16.4. The maximum absolute atomic E-state index is 12.9. The fourth-order valence-electron chi connectivity index (χ4n) is 3.16. The van der Waals surface area contributed by atoms with Crippen molar-refractivity contribution >= 4 is 17.5 Å². The average molecular weight is 381 g/mol. The van der Waals surface area contributed by atoms with Crippen LogP contribution < -0.4 is 10.2 Å². The zero-order valence-electron chi connectivity index (χ0n) is 15.2. The molecule has 1 aliphatic heterocycles. The highest BCUT2D eigenvalue weighted by Gasteiger charge is 2.23. The third kappa shape index (κ3) is 4.15. The number of aromatic nitrogens is 4. The van der Waals surface area contributed by atoms with Crippen molar-refractivity contribution in [3.8, 4) is 5.69 Å². The summed E-state index contributed by atoms with van der Waals surface area (Å²) in [6, 6.07) is 15.5. The summed E-state index contributed by atoms with van der Waals surface area (Å²) >= 11 is 0. The first-order valence-corrected chi connectivity index (χ1v) is 9.05. The van der Waals surface area contributed by atoms with E-state index in [9.17, 15) is 9.18 Å². The van der Waals surface area contributed by atoms with E-state index < -0.39 is 0 Å². The van der Waals surface area contributed by atoms with E-state index in [1.165, 1.54) is 12.1 Å². The number of halogens is 1. The van der Waals surface area contributed by atoms with E-state index in [0.29, 0.717) is 11.6 Å². The lowest BCUT2D eigenvalue weighted by molar-refractivity contribution is -0.117. The number of carbonyl (C=O) groups excluding carboxylic acids is 1. The Kier molecular flexibility index (Phi) is 5.24. The standard InChI is InChI=1S/C19H20FN7O/c20-15-6-8-16(9-7-15)21-18(28)14-25-10-12-26(13-11-25)19-22-23-24-27(19)17-4-2-1-3-5-17/h1-9H,10-14H2,(H,21,28). The topological polar surface area (TPSA) is 79.2 Å². The summed E-state index contributed by atoms with van der Waals surface area (Å²) < 4.78 is 14.7. The second-order valence-corrected chi connectivity index (χ2v) is 6.54. The van der Waals surface area contributed by atoms with Crippen LogP contribution in [0, 0.1) is 5.82 Å². The van der Waals surface area contributed by atoms with Crippen molar-refractivity contribution in [2.24, 2.45) is 0 Å². The molecule has 4 rings (SSSR count). The van der Waals surface area contributed by atoms with E-state index >= 15 is 0 Å². The Morgan fingerprint density at radius 3 is 2.43 bits per heavy atom. The number of para-hydroxylation sites is 1. The molecule has 0 atom stereocenters. The molecular weight excluding hydrogens is 361 g/mol. The van der Waals surface area contributed by atoms with Gasteiger partial charge in [-0.2, -0.15) is 4.68 Å². The number of tetrazole rings is 1. The maximum Gasteiger partial charge on any atom is 0.250 e. The average Bonchev–Trinajstić information content (AvgIpc) is 3.21. The molecule has 144 valence electrons. The smallest absolute Gasteiger partial charge is 0.250 e. The second-order valence-electron chi connectivity index (χ2n) is 6.54. The maximum atomic E-state index is 12.9. The molecular formula is C19H20FN7O. The summed E-state index contributed by atoms with van der Waals surface area (Å²) in [5, 5.41) is 14.9. The summed E-state index contributed by atoms with van der Waals surface area (Å²) in [5.41, 5.74) is 1.50. The highest BCUT2D eigenvalue weighted by Crippen LogP contribution is 2.17. The van der Waals surface area contributed by atoms with Crippen LogP contribution in [0.3, 0.4) is 0 Å². The predicted molar refractivity (Wildman–Crippen MR) is 103 cm³/mol. The van der Waals surface area contributed by atoms with Gasteiger partial charge in [-0.1, -0.05) is 23.3 Å². The molecule has 3 aromatic rings. The minimum atomic E-state index is -0.327. The number of benzene rings is 2. The lowest BCUT2D eigenvalue weighted by atomic mass is 10.3. The number of anilines is 2. The molecule has 1 N–H and O–H groups in total. The summed E-state index contributed by atoms with van der Waals surface area (Å²) in [7, 11) is 0. The highest BCUT2D eigenvalue weighted by atomic mass is 19.1. The van der Waals surface area contributed by atoms with Crippen LogP contribution in [0.5, 0.6) is 0 Å². The van der Waals surface area contributed by atoms with Gasteiger partial charge in [0.15, 0.2) is 0 Å². The van der Waals surface area contributed by atoms with E-state index in [1.807, 2.05) is 30.3 Å². The van der Waals surface area contributed by atoms with Crippen LogP contribution in [0.25, 0.3) is 5.69 Å². The molecule has 0 radical (unpaired) electrons. The van der Waals surface area contributed by atoms with Crippen molar-refractivity contribution in [2.45, 2.75) is 0 Å². The molecule has 1 fully saturated rings. The zero-order chi connectivity index (χ0) is 19.3. The van der Waals surface area contributed by atoms with Gasteiger partial charge in [0.25, 0.3) is 0 Å². The van der Waals surface area contributed by atoms with Crippen LogP contribution in [0.4, 0.5) is 16.0 Å². The normalized spacial score (nSPS) is 14.8. The van der Waals surface area contributed by atoms with E-state index in [2.05, 4.69) is 30.6 Å². The fourth-order valence-corrected chi connectivity index (χ4v) is 3.16. The van der Waals surface area contributed by atoms with Crippen molar-refractivity contribution in [1.29, 1.82) is 0 Å². The zero-order valence-corrected chi connectivity index (χ0v) is 15.2. The number of nitrogens with zero attached hydrogens (tertiary/aromatic N) is 6. The van der Waals surface area contributed by atoms with Crippen LogP contribution in [0.1, 0.15) is 0 Å².